The van der Waals surface area contributed by atoms with Crippen LogP contribution in [0.5, 0.6) is 0 Å². The molecule has 3 aromatic rings. The van der Waals surface area contributed by atoms with E-state index in [0.717, 1.165) is 6.54 Å². The molecule has 1 saturated heterocycles. The number of nitrogens with zero attached hydrogens (tertiary/aromatic N) is 2. The molecule has 0 radical (unpaired) electrons. The second kappa shape index (κ2) is 5.93. The predicted octanol–water partition coefficient (Wildman–Crippen LogP) is 4.29. The van der Waals surface area contributed by atoms with Gasteiger partial charge in [0.25, 0.3) is 0 Å². The van der Waals surface area contributed by atoms with E-state index >= 15 is 0 Å². The standard InChI is InChI=1S/C19H21N3/c1-2-8-18-17(7-1)16(13-21-18)14-22-11-4-3-9-19(22)15-6-5-10-20-12-15/h1-2,5-8,10,12-13,19,21H,3-4,9,11,14H2. The lowest BCUT2D eigenvalue weighted by molar-refractivity contribution is 0.141. The summed E-state index contributed by atoms with van der Waals surface area (Å²) in [5.41, 5.74) is 3.97. The first-order valence-electron chi connectivity index (χ1n) is 8.11. The van der Waals surface area contributed by atoms with Gasteiger partial charge in [-0.15, -0.1) is 0 Å². The van der Waals surface area contributed by atoms with Gasteiger partial charge in [-0.2, -0.15) is 0 Å². The van der Waals surface area contributed by atoms with E-state index in [-0.39, 0.29) is 0 Å². The van der Waals surface area contributed by atoms with Crippen molar-refractivity contribution in [2.24, 2.45) is 0 Å². The Morgan fingerprint density at radius 2 is 2.09 bits per heavy atom. The third kappa shape index (κ3) is 2.53. The molecular weight excluding hydrogens is 270 g/mol. The number of H-pyrrole nitrogens is 1. The minimum atomic E-state index is 0.496. The lowest BCUT2D eigenvalue weighted by atomic mass is 9.96. The smallest absolute Gasteiger partial charge is 0.0457 e. The van der Waals surface area contributed by atoms with Gasteiger partial charge in [0.15, 0.2) is 0 Å². The van der Waals surface area contributed by atoms with E-state index in [2.05, 4.69) is 51.4 Å². The number of aromatic nitrogens is 2. The molecule has 0 bridgehead atoms. The monoisotopic (exact) mass is 291 g/mol. The number of rotatable bonds is 3. The molecule has 1 fully saturated rings. The fraction of sp³-hybridized carbons (Fsp3) is 0.316. The van der Waals surface area contributed by atoms with Crippen LogP contribution in [0.25, 0.3) is 10.9 Å². The average Bonchev–Trinajstić information content (AvgIpc) is 2.99. The zero-order valence-corrected chi connectivity index (χ0v) is 12.7. The number of hydrogen-bond donors (Lipinski definition) is 1. The van der Waals surface area contributed by atoms with Crippen LogP contribution in [0.2, 0.25) is 0 Å². The van der Waals surface area contributed by atoms with Crippen molar-refractivity contribution in [2.45, 2.75) is 31.8 Å². The van der Waals surface area contributed by atoms with Gasteiger partial charge in [-0.05, 0) is 42.6 Å². The Hall–Kier alpha value is -2.13. The Morgan fingerprint density at radius 3 is 3.00 bits per heavy atom. The fourth-order valence-corrected chi connectivity index (χ4v) is 3.61. The average molecular weight is 291 g/mol. The van der Waals surface area contributed by atoms with Crippen molar-refractivity contribution in [1.82, 2.24) is 14.9 Å². The lowest BCUT2D eigenvalue weighted by Crippen LogP contribution is -2.32. The van der Waals surface area contributed by atoms with Gasteiger partial charge in [0.1, 0.15) is 0 Å². The van der Waals surface area contributed by atoms with Crippen LogP contribution in [-0.2, 0) is 6.54 Å². The largest absolute Gasteiger partial charge is 0.361 e. The van der Waals surface area contributed by atoms with E-state index < -0.39 is 0 Å². The Morgan fingerprint density at radius 1 is 1.14 bits per heavy atom. The summed E-state index contributed by atoms with van der Waals surface area (Å²) in [4.78, 5) is 10.3. The molecule has 0 aliphatic carbocycles. The maximum absolute atomic E-state index is 4.31. The zero-order chi connectivity index (χ0) is 14.8. The summed E-state index contributed by atoms with van der Waals surface area (Å²) < 4.78 is 0. The summed E-state index contributed by atoms with van der Waals surface area (Å²) in [6.07, 6.45) is 9.88. The van der Waals surface area contributed by atoms with Crippen molar-refractivity contribution >= 4 is 10.9 Å². The summed E-state index contributed by atoms with van der Waals surface area (Å²) in [6.45, 7) is 2.17. The minimum Gasteiger partial charge on any atom is -0.361 e. The molecule has 4 rings (SSSR count). The van der Waals surface area contributed by atoms with Gasteiger partial charge in [-0.3, -0.25) is 9.88 Å². The van der Waals surface area contributed by atoms with Crippen molar-refractivity contribution in [3.8, 4) is 0 Å². The van der Waals surface area contributed by atoms with Crippen LogP contribution in [0.1, 0.15) is 36.4 Å². The van der Waals surface area contributed by atoms with Crippen LogP contribution in [0, 0.1) is 0 Å². The predicted molar refractivity (Wildman–Crippen MR) is 89.5 cm³/mol. The highest BCUT2D eigenvalue weighted by Gasteiger charge is 2.24. The molecule has 3 nitrogen and oxygen atoms in total. The first kappa shape index (κ1) is 13.5. The molecular formula is C19H21N3. The number of piperidine rings is 1. The number of likely N-dealkylation sites (tertiary alicyclic amines) is 1. The van der Waals surface area contributed by atoms with Gasteiger partial charge < -0.3 is 4.98 Å². The van der Waals surface area contributed by atoms with Crippen molar-refractivity contribution in [3.63, 3.8) is 0 Å². The molecule has 1 unspecified atom stereocenters. The van der Waals surface area contributed by atoms with E-state index in [9.17, 15) is 0 Å². The molecule has 112 valence electrons. The highest BCUT2D eigenvalue weighted by atomic mass is 15.2. The van der Waals surface area contributed by atoms with Crippen molar-refractivity contribution in [3.05, 3.63) is 66.1 Å². The van der Waals surface area contributed by atoms with Gasteiger partial charge in [0, 0.05) is 42.1 Å². The Bertz CT molecular complexity index is 747. The summed E-state index contributed by atoms with van der Waals surface area (Å²) in [5.74, 6) is 0. The number of aromatic amines is 1. The van der Waals surface area contributed by atoms with E-state index in [1.54, 1.807) is 0 Å². The number of pyridine rings is 1. The Labute approximate surface area is 131 Å². The molecule has 0 amide bonds. The van der Waals surface area contributed by atoms with E-state index in [0.29, 0.717) is 6.04 Å². The van der Waals surface area contributed by atoms with Crippen LogP contribution < -0.4 is 0 Å². The number of hydrogen-bond acceptors (Lipinski definition) is 2. The van der Waals surface area contributed by atoms with Gasteiger partial charge in [-0.25, -0.2) is 0 Å². The minimum absolute atomic E-state index is 0.496. The van der Waals surface area contributed by atoms with Crippen molar-refractivity contribution < 1.29 is 0 Å². The van der Waals surface area contributed by atoms with Gasteiger partial charge in [0.05, 0.1) is 0 Å². The Balaban J connectivity index is 1.62. The number of nitrogens with one attached hydrogen (secondary N) is 1. The van der Waals surface area contributed by atoms with Crippen LogP contribution in [0.4, 0.5) is 0 Å². The number of benzene rings is 1. The van der Waals surface area contributed by atoms with Crippen molar-refractivity contribution in [2.75, 3.05) is 6.54 Å². The molecule has 1 atom stereocenters. The first-order chi connectivity index (χ1) is 10.9. The highest BCUT2D eigenvalue weighted by molar-refractivity contribution is 5.82. The van der Waals surface area contributed by atoms with Gasteiger partial charge in [-0.1, -0.05) is 30.7 Å². The zero-order valence-electron chi connectivity index (χ0n) is 12.7. The van der Waals surface area contributed by atoms with E-state index in [1.807, 2.05) is 18.5 Å². The molecule has 1 aromatic carbocycles. The van der Waals surface area contributed by atoms with Crippen LogP contribution in [0.15, 0.2) is 55.0 Å². The van der Waals surface area contributed by atoms with Gasteiger partial charge >= 0.3 is 0 Å². The van der Waals surface area contributed by atoms with Gasteiger partial charge in [0.2, 0.25) is 0 Å². The summed E-state index contributed by atoms with van der Waals surface area (Å²) in [7, 11) is 0. The quantitative estimate of drug-likeness (QED) is 0.780. The normalized spacial score (nSPS) is 19.5. The molecule has 22 heavy (non-hydrogen) atoms. The second-order valence-electron chi connectivity index (χ2n) is 6.13. The van der Waals surface area contributed by atoms with E-state index in [1.165, 1.54) is 47.8 Å². The van der Waals surface area contributed by atoms with E-state index in [4.69, 9.17) is 0 Å². The third-order valence-corrected chi connectivity index (χ3v) is 4.73. The molecule has 1 aliphatic rings. The molecule has 1 N–H and O–H groups in total. The summed E-state index contributed by atoms with van der Waals surface area (Å²) in [5, 5.41) is 1.35. The molecule has 3 heteroatoms. The van der Waals surface area contributed by atoms with Crippen molar-refractivity contribution in [1.29, 1.82) is 0 Å². The maximum Gasteiger partial charge on any atom is 0.0457 e. The molecule has 1 aliphatic heterocycles. The lowest BCUT2D eigenvalue weighted by Gasteiger charge is -2.35. The fourth-order valence-electron chi connectivity index (χ4n) is 3.61. The second-order valence-corrected chi connectivity index (χ2v) is 6.13. The summed E-state index contributed by atoms with van der Waals surface area (Å²) in [6, 6.07) is 13.3. The third-order valence-electron chi connectivity index (χ3n) is 4.73. The molecule has 2 aromatic heterocycles. The maximum atomic E-state index is 4.31. The SMILES string of the molecule is c1cncc(C2CCCCN2Cc2c[nH]c3ccccc23)c1. The van der Waals surface area contributed by atoms with Crippen LogP contribution >= 0.6 is 0 Å². The first-order valence-corrected chi connectivity index (χ1v) is 8.11. The number of para-hydroxylation sites is 1. The highest BCUT2D eigenvalue weighted by Crippen LogP contribution is 2.32. The topological polar surface area (TPSA) is 31.9 Å². The van der Waals surface area contributed by atoms with Crippen LogP contribution in [0.3, 0.4) is 0 Å². The summed E-state index contributed by atoms with van der Waals surface area (Å²) >= 11 is 0. The van der Waals surface area contributed by atoms with Crippen LogP contribution in [-0.4, -0.2) is 21.4 Å². The molecule has 0 spiro atoms. The number of fused-ring (bicyclic) bond motifs is 1. The Kier molecular flexibility index (Phi) is 3.65. The molecule has 3 heterocycles. The molecule has 0 saturated carbocycles.